The highest BCUT2D eigenvalue weighted by Gasteiger charge is 2.35. The van der Waals surface area contributed by atoms with Crippen molar-refractivity contribution in [2.75, 3.05) is 19.7 Å². The lowest BCUT2D eigenvalue weighted by atomic mass is 10.0. The number of carbonyl (C=O) groups is 2. The molecule has 0 aromatic heterocycles. The number of ether oxygens (including phenoxy) is 1. The van der Waals surface area contributed by atoms with Gasteiger partial charge in [-0.1, -0.05) is 17.7 Å². The molecule has 2 heterocycles. The summed E-state index contributed by atoms with van der Waals surface area (Å²) in [5, 5.41) is 11.9. The van der Waals surface area contributed by atoms with E-state index in [-0.39, 0.29) is 23.6 Å². The Morgan fingerprint density at radius 3 is 2.83 bits per heavy atom. The summed E-state index contributed by atoms with van der Waals surface area (Å²) < 4.78 is 19.3. The van der Waals surface area contributed by atoms with Gasteiger partial charge in [-0.3, -0.25) is 4.79 Å². The van der Waals surface area contributed by atoms with Gasteiger partial charge in [0.15, 0.2) is 0 Å². The molecule has 24 heavy (non-hydrogen) atoms. The number of carbonyl (C=O) groups excluding carboxylic acids is 1. The van der Waals surface area contributed by atoms with E-state index in [1.165, 1.54) is 17.0 Å². The summed E-state index contributed by atoms with van der Waals surface area (Å²) in [6.45, 7) is 1.07. The summed E-state index contributed by atoms with van der Waals surface area (Å²) in [7, 11) is 0. The minimum Gasteiger partial charge on any atom is -0.481 e. The number of halogens is 2. The van der Waals surface area contributed by atoms with E-state index >= 15 is 0 Å². The number of nitrogens with one attached hydrogen (secondary N) is 1. The Labute approximate surface area is 143 Å². The summed E-state index contributed by atoms with van der Waals surface area (Å²) in [6.07, 6.45) is 0.616. The van der Waals surface area contributed by atoms with E-state index in [2.05, 4.69) is 5.32 Å². The second kappa shape index (κ2) is 6.94. The molecule has 2 amide bonds. The van der Waals surface area contributed by atoms with Crippen molar-refractivity contribution in [3.63, 3.8) is 0 Å². The molecule has 2 N–H and O–H groups in total. The lowest BCUT2D eigenvalue weighted by Crippen LogP contribution is -2.45. The zero-order valence-electron chi connectivity index (χ0n) is 12.9. The molecule has 2 aliphatic heterocycles. The second-order valence-electron chi connectivity index (χ2n) is 6.08. The molecule has 2 fully saturated rings. The van der Waals surface area contributed by atoms with Crippen molar-refractivity contribution in [2.45, 2.75) is 25.0 Å². The van der Waals surface area contributed by atoms with Crippen molar-refractivity contribution >= 4 is 23.6 Å². The highest BCUT2D eigenvalue weighted by atomic mass is 35.5. The number of urea groups is 1. The Morgan fingerprint density at radius 1 is 1.38 bits per heavy atom. The number of carboxylic acids is 1. The van der Waals surface area contributed by atoms with Crippen molar-refractivity contribution in [1.82, 2.24) is 10.2 Å². The minimum absolute atomic E-state index is 0.0362. The molecule has 3 unspecified atom stereocenters. The molecule has 6 nitrogen and oxygen atoms in total. The van der Waals surface area contributed by atoms with Gasteiger partial charge in [0.1, 0.15) is 11.9 Å². The van der Waals surface area contributed by atoms with Crippen LogP contribution in [0.1, 0.15) is 24.5 Å². The van der Waals surface area contributed by atoms with Crippen LogP contribution in [-0.4, -0.2) is 47.7 Å². The number of hydrogen-bond donors (Lipinski definition) is 2. The fourth-order valence-corrected chi connectivity index (χ4v) is 3.27. The lowest BCUT2D eigenvalue weighted by Gasteiger charge is -2.24. The zero-order chi connectivity index (χ0) is 17.3. The van der Waals surface area contributed by atoms with Crippen molar-refractivity contribution in [3.05, 3.63) is 34.6 Å². The Morgan fingerprint density at radius 2 is 2.17 bits per heavy atom. The summed E-state index contributed by atoms with van der Waals surface area (Å²) >= 11 is 5.69. The van der Waals surface area contributed by atoms with Crippen molar-refractivity contribution < 1.29 is 23.8 Å². The highest BCUT2D eigenvalue weighted by molar-refractivity contribution is 6.30. The first-order valence-corrected chi connectivity index (χ1v) is 8.18. The normalized spacial score (nSPS) is 26.6. The molecule has 0 saturated carbocycles. The molecule has 2 aliphatic rings. The number of likely N-dealkylation sites (tertiary alicyclic amines) is 1. The van der Waals surface area contributed by atoms with Crippen LogP contribution in [0, 0.1) is 11.7 Å². The number of carboxylic acid groups (broad SMARTS) is 1. The number of rotatable bonds is 3. The second-order valence-corrected chi connectivity index (χ2v) is 6.49. The van der Waals surface area contributed by atoms with E-state index in [1.54, 1.807) is 6.07 Å². The molecular weight excluding hydrogens is 339 g/mol. The van der Waals surface area contributed by atoms with Crippen molar-refractivity contribution in [3.8, 4) is 0 Å². The molecule has 2 saturated heterocycles. The van der Waals surface area contributed by atoms with Crippen LogP contribution in [-0.2, 0) is 9.53 Å². The van der Waals surface area contributed by atoms with Gasteiger partial charge < -0.3 is 20.1 Å². The molecule has 3 atom stereocenters. The van der Waals surface area contributed by atoms with Crippen LogP contribution >= 0.6 is 11.6 Å². The van der Waals surface area contributed by atoms with Gasteiger partial charge in [-0.05, 0) is 30.5 Å². The van der Waals surface area contributed by atoms with E-state index in [0.717, 1.165) is 0 Å². The SMILES string of the molecule is O=C(O)C1CCN(C(=O)NC2CCOC2c2ccc(Cl)c(F)c2)C1. The molecule has 1 aromatic carbocycles. The first kappa shape index (κ1) is 17.0. The fraction of sp³-hybridized carbons (Fsp3) is 0.500. The fourth-order valence-electron chi connectivity index (χ4n) is 3.15. The summed E-state index contributed by atoms with van der Waals surface area (Å²) in [6, 6.07) is 3.85. The smallest absolute Gasteiger partial charge is 0.317 e. The van der Waals surface area contributed by atoms with Gasteiger partial charge in [-0.25, -0.2) is 9.18 Å². The van der Waals surface area contributed by atoms with Gasteiger partial charge in [-0.2, -0.15) is 0 Å². The highest BCUT2D eigenvalue weighted by Crippen LogP contribution is 2.31. The van der Waals surface area contributed by atoms with E-state index < -0.39 is 23.8 Å². The van der Waals surface area contributed by atoms with Crippen LogP contribution in [0.5, 0.6) is 0 Å². The Hall–Kier alpha value is -1.86. The Balaban J connectivity index is 1.64. The number of hydrogen-bond acceptors (Lipinski definition) is 3. The van der Waals surface area contributed by atoms with Crippen LogP contribution < -0.4 is 5.32 Å². The minimum atomic E-state index is -0.885. The average Bonchev–Trinajstić information content (AvgIpc) is 3.19. The Kier molecular flexibility index (Phi) is 4.91. The molecular formula is C16H18ClFN2O4. The zero-order valence-corrected chi connectivity index (χ0v) is 13.6. The third-order valence-corrected chi connectivity index (χ3v) is 4.80. The third kappa shape index (κ3) is 3.47. The number of aliphatic carboxylic acids is 1. The molecule has 0 bridgehead atoms. The van der Waals surface area contributed by atoms with Crippen LogP contribution in [0.3, 0.4) is 0 Å². The molecule has 130 valence electrons. The van der Waals surface area contributed by atoms with Gasteiger partial charge in [-0.15, -0.1) is 0 Å². The van der Waals surface area contributed by atoms with E-state index in [9.17, 15) is 14.0 Å². The largest absolute Gasteiger partial charge is 0.481 e. The molecule has 1 aromatic rings. The van der Waals surface area contributed by atoms with Crippen LogP contribution in [0.15, 0.2) is 18.2 Å². The summed E-state index contributed by atoms with van der Waals surface area (Å²) in [5.74, 6) is -1.93. The van der Waals surface area contributed by atoms with Gasteiger partial charge >= 0.3 is 12.0 Å². The maximum Gasteiger partial charge on any atom is 0.317 e. The van der Waals surface area contributed by atoms with Gasteiger partial charge in [0.05, 0.1) is 17.0 Å². The van der Waals surface area contributed by atoms with E-state index in [4.69, 9.17) is 21.4 Å². The van der Waals surface area contributed by atoms with Crippen LogP contribution in [0.2, 0.25) is 5.02 Å². The number of benzene rings is 1. The van der Waals surface area contributed by atoms with Gasteiger partial charge in [0, 0.05) is 19.7 Å². The summed E-state index contributed by atoms with van der Waals surface area (Å²) in [4.78, 5) is 24.8. The van der Waals surface area contributed by atoms with Crippen molar-refractivity contribution in [1.29, 1.82) is 0 Å². The third-order valence-electron chi connectivity index (χ3n) is 4.50. The van der Waals surface area contributed by atoms with Gasteiger partial charge in [0.25, 0.3) is 0 Å². The molecule has 0 radical (unpaired) electrons. The van der Waals surface area contributed by atoms with Crippen LogP contribution in [0.4, 0.5) is 9.18 Å². The number of amides is 2. The predicted octanol–water partition coefficient (Wildman–Crippen LogP) is 2.43. The quantitative estimate of drug-likeness (QED) is 0.871. The predicted molar refractivity (Wildman–Crippen MR) is 84.4 cm³/mol. The lowest BCUT2D eigenvalue weighted by molar-refractivity contribution is -0.141. The molecule has 0 aliphatic carbocycles. The first-order chi connectivity index (χ1) is 11.5. The topological polar surface area (TPSA) is 78.9 Å². The Bertz CT molecular complexity index is 657. The standard InChI is InChI=1S/C16H18ClFN2O4/c17-11-2-1-9(7-12(11)18)14-13(4-6-24-14)19-16(23)20-5-3-10(8-20)15(21)22/h1-2,7,10,13-14H,3-6,8H2,(H,19,23)(H,21,22). The maximum atomic E-state index is 13.6. The summed E-state index contributed by atoms with van der Waals surface area (Å²) in [5.41, 5.74) is 0.615. The number of nitrogens with zero attached hydrogens (tertiary/aromatic N) is 1. The molecule has 8 heteroatoms. The monoisotopic (exact) mass is 356 g/mol. The van der Waals surface area contributed by atoms with Gasteiger partial charge in [0.2, 0.25) is 0 Å². The van der Waals surface area contributed by atoms with E-state index in [0.29, 0.717) is 31.6 Å². The maximum absolute atomic E-state index is 13.6. The molecule has 3 rings (SSSR count). The van der Waals surface area contributed by atoms with E-state index in [1.807, 2.05) is 0 Å². The van der Waals surface area contributed by atoms with Crippen LogP contribution in [0.25, 0.3) is 0 Å². The average molecular weight is 357 g/mol. The first-order valence-electron chi connectivity index (χ1n) is 7.80. The molecule has 0 spiro atoms. The van der Waals surface area contributed by atoms with Crippen molar-refractivity contribution in [2.24, 2.45) is 5.92 Å².